The lowest BCUT2D eigenvalue weighted by Gasteiger charge is -2.14. The van der Waals surface area contributed by atoms with Gasteiger partial charge in [-0.15, -0.1) is 0 Å². The van der Waals surface area contributed by atoms with E-state index in [4.69, 9.17) is 9.47 Å². The molecule has 0 N–H and O–H groups in total. The summed E-state index contributed by atoms with van der Waals surface area (Å²) in [5.74, 6) is 2.02. The zero-order valence-electron chi connectivity index (χ0n) is 14.3. The van der Waals surface area contributed by atoms with Gasteiger partial charge in [0.2, 0.25) is 12.7 Å². The highest BCUT2D eigenvalue weighted by Gasteiger charge is 2.16. The average molecular weight is 329 g/mol. The van der Waals surface area contributed by atoms with Gasteiger partial charge in [0.25, 0.3) is 0 Å². The van der Waals surface area contributed by atoms with Crippen molar-refractivity contribution in [3.63, 3.8) is 0 Å². The molecule has 1 aromatic rings. The standard InChI is InChI=1S/C20H27NO3/c22-20(21-13-7-8-14-21)10-6-4-2-1-3-5-9-17-11-12-18-19(15-17)24-16-23-18/h5,9,11-12,15H,1-4,6-8,10,13-14,16H2. The zero-order chi connectivity index (χ0) is 16.6. The molecule has 0 atom stereocenters. The maximum atomic E-state index is 11.9. The second-order valence-corrected chi connectivity index (χ2v) is 6.56. The van der Waals surface area contributed by atoms with Crippen LogP contribution < -0.4 is 9.47 Å². The SMILES string of the molecule is O=C(CCCCCCC=Cc1ccc2c(c1)OCO2)N1CCCC1. The number of carbonyl (C=O) groups excluding carboxylic acids is 1. The summed E-state index contributed by atoms with van der Waals surface area (Å²) in [7, 11) is 0. The number of unbranched alkanes of at least 4 members (excludes halogenated alkanes) is 4. The van der Waals surface area contributed by atoms with Crippen LogP contribution in [0.1, 0.15) is 56.9 Å². The molecule has 0 saturated carbocycles. The van der Waals surface area contributed by atoms with Crippen molar-refractivity contribution in [1.82, 2.24) is 4.90 Å². The van der Waals surface area contributed by atoms with Gasteiger partial charge in [-0.1, -0.05) is 31.1 Å². The first-order valence-corrected chi connectivity index (χ1v) is 9.17. The van der Waals surface area contributed by atoms with Gasteiger partial charge in [0.05, 0.1) is 0 Å². The maximum absolute atomic E-state index is 11.9. The summed E-state index contributed by atoms with van der Waals surface area (Å²) in [6.45, 7) is 2.27. The van der Waals surface area contributed by atoms with E-state index < -0.39 is 0 Å². The molecule has 2 heterocycles. The van der Waals surface area contributed by atoms with Gasteiger partial charge < -0.3 is 14.4 Å². The largest absolute Gasteiger partial charge is 0.454 e. The molecule has 2 aliphatic heterocycles. The van der Waals surface area contributed by atoms with Crippen molar-refractivity contribution in [3.05, 3.63) is 29.8 Å². The lowest BCUT2D eigenvalue weighted by Crippen LogP contribution is -2.27. The number of carbonyl (C=O) groups is 1. The van der Waals surface area contributed by atoms with Crippen LogP contribution in [0.25, 0.3) is 6.08 Å². The Morgan fingerprint density at radius 2 is 1.83 bits per heavy atom. The molecule has 3 rings (SSSR count). The van der Waals surface area contributed by atoms with E-state index >= 15 is 0 Å². The summed E-state index contributed by atoms with van der Waals surface area (Å²) in [4.78, 5) is 13.9. The van der Waals surface area contributed by atoms with E-state index in [-0.39, 0.29) is 0 Å². The quantitative estimate of drug-likeness (QED) is 0.664. The number of hydrogen-bond acceptors (Lipinski definition) is 3. The van der Waals surface area contributed by atoms with Crippen molar-refractivity contribution in [1.29, 1.82) is 0 Å². The van der Waals surface area contributed by atoms with Crippen LogP contribution in [0.3, 0.4) is 0 Å². The Hall–Kier alpha value is -1.97. The van der Waals surface area contributed by atoms with Gasteiger partial charge in [0, 0.05) is 19.5 Å². The van der Waals surface area contributed by atoms with E-state index in [1.807, 2.05) is 23.1 Å². The minimum Gasteiger partial charge on any atom is -0.454 e. The first-order valence-electron chi connectivity index (χ1n) is 9.17. The molecule has 0 aromatic heterocycles. The molecule has 24 heavy (non-hydrogen) atoms. The molecule has 4 nitrogen and oxygen atoms in total. The van der Waals surface area contributed by atoms with Gasteiger partial charge >= 0.3 is 0 Å². The van der Waals surface area contributed by atoms with Gasteiger partial charge in [-0.3, -0.25) is 4.79 Å². The lowest BCUT2D eigenvalue weighted by molar-refractivity contribution is -0.130. The minimum atomic E-state index is 0.322. The predicted molar refractivity (Wildman–Crippen MR) is 95.1 cm³/mol. The van der Waals surface area contributed by atoms with Gasteiger partial charge in [-0.25, -0.2) is 0 Å². The monoisotopic (exact) mass is 329 g/mol. The predicted octanol–water partition coefficient (Wildman–Crippen LogP) is 4.39. The van der Waals surface area contributed by atoms with E-state index in [0.29, 0.717) is 12.7 Å². The van der Waals surface area contributed by atoms with Crippen LogP contribution >= 0.6 is 0 Å². The number of rotatable bonds is 8. The van der Waals surface area contributed by atoms with E-state index in [9.17, 15) is 4.79 Å². The number of fused-ring (bicyclic) bond motifs is 1. The third kappa shape index (κ3) is 4.76. The van der Waals surface area contributed by atoms with E-state index in [0.717, 1.165) is 55.8 Å². The molecule has 1 aromatic carbocycles. The normalized spacial score (nSPS) is 16.2. The molecule has 1 saturated heterocycles. The Labute approximate surface area is 144 Å². The summed E-state index contributed by atoms with van der Waals surface area (Å²) in [6.07, 6.45) is 13.1. The van der Waals surface area contributed by atoms with Crippen molar-refractivity contribution in [3.8, 4) is 11.5 Å². The molecule has 0 radical (unpaired) electrons. The number of benzene rings is 1. The van der Waals surface area contributed by atoms with Crippen molar-refractivity contribution < 1.29 is 14.3 Å². The first kappa shape index (κ1) is 16.9. The van der Waals surface area contributed by atoms with Crippen LogP contribution in [0.5, 0.6) is 11.5 Å². The molecule has 0 unspecified atom stereocenters. The highest BCUT2D eigenvalue weighted by atomic mass is 16.7. The smallest absolute Gasteiger partial charge is 0.231 e. The van der Waals surface area contributed by atoms with Crippen LogP contribution in [0.15, 0.2) is 24.3 Å². The van der Waals surface area contributed by atoms with Crippen LogP contribution in [0.4, 0.5) is 0 Å². The molecular weight excluding hydrogens is 302 g/mol. The van der Waals surface area contributed by atoms with E-state index in [2.05, 4.69) is 12.2 Å². The topological polar surface area (TPSA) is 38.8 Å². The number of allylic oxidation sites excluding steroid dienone is 1. The van der Waals surface area contributed by atoms with Gasteiger partial charge in [-0.05, 0) is 49.8 Å². The van der Waals surface area contributed by atoms with Crippen molar-refractivity contribution in [2.45, 2.75) is 51.4 Å². The third-order valence-corrected chi connectivity index (χ3v) is 4.68. The zero-order valence-corrected chi connectivity index (χ0v) is 14.3. The molecule has 130 valence electrons. The van der Waals surface area contributed by atoms with E-state index in [1.54, 1.807) is 0 Å². The van der Waals surface area contributed by atoms with Gasteiger partial charge in [0.1, 0.15) is 0 Å². The highest BCUT2D eigenvalue weighted by Crippen LogP contribution is 2.32. The second kappa shape index (κ2) is 8.76. The number of ether oxygens (including phenoxy) is 2. The fourth-order valence-corrected chi connectivity index (χ4v) is 3.25. The number of amides is 1. The Morgan fingerprint density at radius 3 is 2.71 bits per heavy atom. The minimum absolute atomic E-state index is 0.322. The summed E-state index contributed by atoms with van der Waals surface area (Å²) in [6, 6.07) is 6.02. The number of nitrogens with zero attached hydrogens (tertiary/aromatic N) is 1. The van der Waals surface area contributed by atoms with Crippen molar-refractivity contribution in [2.75, 3.05) is 19.9 Å². The van der Waals surface area contributed by atoms with Crippen LogP contribution in [0.2, 0.25) is 0 Å². The van der Waals surface area contributed by atoms with Gasteiger partial charge in [-0.2, -0.15) is 0 Å². The van der Waals surface area contributed by atoms with Gasteiger partial charge in [0.15, 0.2) is 11.5 Å². The number of likely N-dealkylation sites (tertiary alicyclic amines) is 1. The fourth-order valence-electron chi connectivity index (χ4n) is 3.25. The summed E-state index contributed by atoms with van der Waals surface area (Å²) in [5, 5.41) is 0. The summed E-state index contributed by atoms with van der Waals surface area (Å²) >= 11 is 0. The highest BCUT2D eigenvalue weighted by molar-refractivity contribution is 5.76. The molecule has 0 bridgehead atoms. The van der Waals surface area contributed by atoms with Crippen LogP contribution in [-0.4, -0.2) is 30.7 Å². The van der Waals surface area contributed by atoms with Crippen LogP contribution in [-0.2, 0) is 4.79 Å². The Balaban J connectivity index is 1.25. The Morgan fingerprint density at radius 1 is 1.04 bits per heavy atom. The first-order chi connectivity index (χ1) is 11.8. The maximum Gasteiger partial charge on any atom is 0.231 e. The third-order valence-electron chi connectivity index (χ3n) is 4.68. The average Bonchev–Trinajstić information content (AvgIpc) is 3.28. The Bertz CT molecular complexity index is 576. The molecule has 2 aliphatic rings. The molecule has 0 aliphatic carbocycles. The number of hydrogen-bond donors (Lipinski definition) is 0. The summed E-state index contributed by atoms with van der Waals surface area (Å²) < 4.78 is 10.7. The van der Waals surface area contributed by atoms with Crippen LogP contribution in [0, 0.1) is 0 Å². The molecule has 1 amide bonds. The molecular formula is C20H27NO3. The van der Waals surface area contributed by atoms with E-state index in [1.165, 1.54) is 25.7 Å². The Kier molecular flexibility index (Phi) is 6.16. The van der Waals surface area contributed by atoms with Crippen molar-refractivity contribution in [2.24, 2.45) is 0 Å². The summed E-state index contributed by atoms with van der Waals surface area (Å²) in [5.41, 5.74) is 1.15. The van der Waals surface area contributed by atoms with Crippen molar-refractivity contribution >= 4 is 12.0 Å². The molecule has 1 fully saturated rings. The molecule has 4 heteroatoms. The second-order valence-electron chi connectivity index (χ2n) is 6.56. The lowest BCUT2D eigenvalue weighted by atomic mass is 10.1. The molecule has 0 spiro atoms. The fraction of sp³-hybridized carbons (Fsp3) is 0.550.